The predicted octanol–water partition coefficient (Wildman–Crippen LogP) is 1.05. The zero-order valence-corrected chi connectivity index (χ0v) is 9.44. The quantitative estimate of drug-likeness (QED) is 0.556. The van der Waals surface area contributed by atoms with Crippen molar-refractivity contribution in [3.8, 4) is 0 Å². The van der Waals surface area contributed by atoms with Gasteiger partial charge in [-0.25, -0.2) is 10.9 Å². The van der Waals surface area contributed by atoms with Gasteiger partial charge in [-0.1, -0.05) is 46.3 Å². The molecule has 15 heavy (non-hydrogen) atoms. The van der Waals surface area contributed by atoms with E-state index in [1.54, 1.807) is 0 Å². The van der Waals surface area contributed by atoms with Crippen LogP contribution in [0.2, 0.25) is 0 Å². The van der Waals surface area contributed by atoms with Gasteiger partial charge in [0.1, 0.15) is 6.04 Å². The maximum Gasteiger partial charge on any atom is 0.322 e. The molecular weight excluding hydrogens is 260 g/mol. The van der Waals surface area contributed by atoms with Crippen LogP contribution in [0, 0.1) is 0 Å². The van der Waals surface area contributed by atoms with Gasteiger partial charge < -0.3 is 5.11 Å². The van der Waals surface area contributed by atoms with Crippen LogP contribution in [-0.4, -0.2) is 22.1 Å². The molecule has 3 unspecified atom stereocenters. The molecule has 1 saturated heterocycles. The number of alkyl halides is 1. The first-order chi connectivity index (χ1) is 7.20. The van der Waals surface area contributed by atoms with E-state index >= 15 is 0 Å². The third kappa shape index (κ3) is 2.04. The van der Waals surface area contributed by atoms with Crippen molar-refractivity contribution in [3.05, 3.63) is 35.9 Å². The average Bonchev–Trinajstić information content (AvgIpc) is 2.61. The van der Waals surface area contributed by atoms with Crippen molar-refractivity contribution in [2.24, 2.45) is 0 Å². The Balaban J connectivity index is 2.29. The van der Waals surface area contributed by atoms with Crippen molar-refractivity contribution in [1.82, 2.24) is 10.9 Å². The fourth-order valence-corrected chi connectivity index (χ4v) is 2.51. The summed E-state index contributed by atoms with van der Waals surface area (Å²) >= 11 is 3.41. The molecule has 0 spiro atoms. The Morgan fingerprint density at radius 1 is 1.27 bits per heavy atom. The van der Waals surface area contributed by atoms with Gasteiger partial charge in [-0.2, -0.15) is 0 Å². The Morgan fingerprint density at radius 3 is 2.53 bits per heavy atom. The van der Waals surface area contributed by atoms with Crippen molar-refractivity contribution in [2.45, 2.75) is 16.9 Å². The highest BCUT2D eigenvalue weighted by atomic mass is 79.9. The van der Waals surface area contributed by atoms with Crippen LogP contribution < -0.4 is 10.9 Å². The van der Waals surface area contributed by atoms with Gasteiger partial charge in [0, 0.05) is 5.92 Å². The van der Waals surface area contributed by atoms with E-state index in [4.69, 9.17) is 5.11 Å². The fourth-order valence-electron chi connectivity index (χ4n) is 1.77. The van der Waals surface area contributed by atoms with E-state index in [1.807, 2.05) is 30.3 Å². The first-order valence-electron chi connectivity index (χ1n) is 4.63. The van der Waals surface area contributed by atoms with Crippen LogP contribution in [0.1, 0.15) is 11.5 Å². The number of carbonyl (C=O) groups is 1. The van der Waals surface area contributed by atoms with Crippen LogP contribution in [0.25, 0.3) is 0 Å². The SMILES string of the molecule is O=C(O)C1NNC(Br)C1c1ccccc1. The molecule has 1 aliphatic heterocycles. The Hall–Kier alpha value is -0.910. The third-order valence-electron chi connectivity index (χ3n) is 2.50. The second-order valence-electron chi connectivity index (χ2n) is 3.44. The molecule has 3 atom stereocenters. The molecule has 0 bridgehead atoms. The highest BCUT2D eigenvalue weighted by molar-refractivity contribution is 9.09. The Morgan fingerprint density at radius 2 is 1.93 bits per heavy atom. The largest absolute Gasteiger partial charge is 0.480 e. The number of aliphatic carboxylic acids is 1. The lowest BCUT2D eigenvalue weighted by molar-refractivity contribution is -0.139. The number of benzene rings is 1. The van der Waals surface area contributed by atoms with Crippen LogP contribution in [0.3, 0.4) is 0 Å². The number of hydrogen-bond donors (Lipinski definition) is 3. The molecule has 4 nitrogen and oxygen atoms in total. The van der Waals surface area contributed by atoms with Crippen molar-refractivity contribution < 1.29 is 9.90 Å². The van der Waals surface area contributed by atoms with Crippen LogP contribution in [-0.2, 0) is 4.79 Å². The normalized spacial score (nSPS) is 30.3. The second-order valence-corrected chi connectivity index (χ2v) is 4.43. The molecule has 2 rings (SSSR count). The smallest absolute Gasteiger partial charge is 0.322 e. The monoisotopic (exact) mass is 270 g/mol. The second kappa shape index (κ2) is 4.30. The molecule has 0 radical (unpaired) electrons. The molecule has 3 N–H and O–H groups in total. The number of hydrogen-bond acceptors (Lipinski definition) is 3. The molecule has 0 aromatic heterocycles. The van der Waals surface area contributed by atoms with Crippen molar-refractivity contribution in [3.63, 3.8) is 0 Å². The van der Waals surface area contributed by atoms with Gasteiger partial charge in [0.05, 0.1) is 4.95 Å². The predicted molar refractivity (Wildman–Crippen MR) is 59.6 cm³/mol. The van der Waals surface area contributed by atoms with E-state index < -0.39 is 12.0 Å². The summed E-state index contributed by atoms with van der Waals surface area (Å²) in [6.45, 7) is 0. The van der Waals surface area contributed by atoms with Gasteiger partial charge >= 0.3 is 5.97 Å². The number of carboxylic acid groups (broad SMARTS) is 1. The van der Waals surface area contributed by atoms with E-state index in [1.165, 1.54) is 0 Å². The molecule has 0 saturated carbocycles. The van der Waals surface area contributed by atoms with E-state index in [2.05, 4.69) is 26.8 Å². The lowest BCUT2D eigenvalue weighted by atomic mass is 9.93. The summed E-state index contributed by atoms with van der Waals surface area (Å²) in [6.07, 6.45) is 0. The first-order valence-corrected chi connectivity index (χ1v) is 5.54. The summed E-state index contributed by atoms with van der Waals surface area (Å²) < 4.78 is 0. The number of hydrazine groups is 1. The highest BCUT2D eigenvalue weighted by Gasteiger charge is 2.39. The van der Waals surface area contributed by atoms with Crippen LogP contribution in [0.15, 0.2) is 30.3 Å². The van der Waals surface area contributed by atoms with Gasteiger partial charge in [-0.05, 0) is 5.56 Å². The van der Waals surface area contributed by atoms with Crippen LogP contribution in [0.5, 0.6) is 0 Å². The summed E-state index contributed by atoms with van der Waals surface area (Å²) in [5.41, 5.74) is 6.65. The van der Waals surface area contributed by atoms with E-state index in [0.717, 1.165) is 5.56 Å². The molecule has 5 heteroatoms. The van der Waals surface area contributed by atoms with Crippen molar-refractivity contribution >= 4 is 21.9 Å². The van der Waals surface area contributed by atoms with E-state index in [0.29, 0.717) is 0 Å². The summed E-state index contributed by atoms with van der Waals surface area (Å²) in [6, 6.07) is 9.00. The van der Waals surface area contributed by atoms with E-state index in [9.17, 15) is 4.79 Å². The molecule has 80 valence electrons. The zero-order chi connectivity index (χ0) is 10.8. The summed E-state index contributed by atoms with van der Waals surface area (Å²) in [7, 11) is 0. The summed E-state index contributed by atoms with van der Waals surface area (Å²) in [4.78, 5) is 10.9. The minimum Gasteiger partial charge on any atom is -0.480 e. The molecule has 1 aliphatic rings. The minimum absolute atomic E-state index is 0.0685. The third-order valence-corrected chi connectivity index (χ3v) is 3.30. The molecule has 0 amide bonds. The standard InChI is InChI=1S/C10H11BrN2O2/c11-9-7(6-4-2-1-3-5-6)8(10(14)15)12-13-9/h1-5,7-9,12-13H,(H,14,15). The topological polar surface area (TPSA) is 61.4 Å². The molecule has 1 aromatic carbocycles. The lowest BCUT2D eigenvalue weighted by Crippen LogP contribution is -2.37. The van der Waals surface area contributed by atoms with Gasteiger partial charge in [0.15, 0.2) is 0 Å². The van der Waals surface area contributed by atoms with Crippen molar-refractivity contribution in [1.29, 1.82) is 0 Å². The van der Waals surface area contributed by atoms with Gasteiger partial charge in [0.2, 0.25) is 0 Å². The Kier molecular flexibility index (Phi) is 3.04. The summed E-state index contributed by atoms with van der Waals surface area (Å²) in [5, 5.41) is 9.04. The minimum atomic E-state index is -0.849. The maximum absolute atomic E-state index is 11.0. The molecule has 0 aliphatic carbocycles. The van der Waals surface area contributed by atoms with Crippen LogP contribution in [0.4, 0.5) is 0 Å². The molecule has 1 aromatic rings. The average molecular weight is 271 g/mol. The highest BCUT2D eigenvalue weighted by Crippen LogP contribution is 2.30. The fraction of sp³-hybridized carbons (Fsp3) is 0.300. The first kappa shape index (κ1) is 10.6. The van der Waals surface area contributed by atoms with Gasteiger partial charge in [0.25, 0.3) is 0 Å². The van der Waals surface area contributed by atoms with Gasteiger partial charge in [-0.15, -0.1) is 0 Å². The molecular formula is C10H11BrN2O2. The van der Waals surface area contributed by atoms with E-state index in [-0.39, 0.29) is 10.9 Å². The number of rotatable bonds is 2. The van der Waals surface area contributed by atoms with Crippen LogP contribution >= 0.6 is 15.9 Å². The van der Waals surface area contributed by atoms with Crippen molar-refractivity contribution in [2.75, 3.05) is 0 Å². The molecule has 1 fully saturated rings. The number of nitrogens with one attached hydrogen (secondary N) is 2. The molecule has 1 heterocycles. The number of halogens is 1. The van der Waals surface area contributed by atoms with Gasteiger partial charge in [-0.3, -0.25) is 4.79 Å². The Labute approximate surface area is 95.8 Å². The summed E-state index contributed by atoms with van der Waals surface area (Å²) in [5.74, 6) is -0.956. The Bertz CT molecular complexity index is 358. The number of carboxylic acids is 1. The lowest BCUT2D eigenvalue weighted by Gasteiger charge is -2.16. The maximum atomic E-state index is 11.0. The zero-order valence-electron chi connectivity index (χ0n) is 7.85.